The fraction of sp³-hybridized carbons (Fsp3) is 0.333. The standard InChI is InChI=1S/C24H27N9O3S/c1-14-18(4-16(6-26-14)29-21(35)11-31-12-24(2,3)13-31)30-22(36)17-7-28-33-9-19(37-23(17)33)15-5-27-32(8-15)10-20(25)34/h4-9H,10-13H2,1-3H3,(H2,25,34)(H,29,35)(H,30,36). The van der Waals surface area contributed by atoms with Gasteiger partial charge in [0.2, 0.25) is 11.8 Å². The second-order valence-corrected chi connectivity index (χ2v) is 11.0. The van der Waals surface area contributed by atoms with Crippen LogP contribution in [0.2, 0.25) is 0 Å². The summed E-state index contributed by atoms with van der Waals surface area (Å²) in [5.74, 6) is -0.950. The molecule has 13 heteroatoms. The smallest absolute Gasteiger partial charge is 0.260 e. The Morgan fingerprint density at radius 1 is 1.08 bits per heavy atom. The molecule has 0 radical (unpaired) electrons. The van der Waals surface area contributed by atoms with Gasteiger partial charge < -0.3 is 16.4 Å². The lowest BCUT2D eigenvalue weighted by Crippen LogP contribution is -2.54. The van der Waals surface area contributed by atoms with Crippen LogP contribution in [-0.4, -0.2) is 66.6 Å². The van der Waals surface area contributed by atoms with E-state index in [9.17, 15) is 14.4 Å². The van der Waals surface area contributed by atoms with Gasteiger partial charge in [-0.15, -0.1) is 11.3 Å². The van der Waals surface area contributed by atoms with Gasteiger partial charge in [0.05, 0.1) is 52.6 Å². The number of fused-ring (bicyclic) bond motifs is 1. The first-order valence-electron chi connectivity index (χ1n) is 11.6. The molecule has 1 fully saturated rings. The van der Waals surface area contributed by atoms with E-state index in [-0.39, 0.29) is 23.8 Å². The highest BCUT2D eigenvalue weighted by molar-refractivity contribution is 7.21. The van der Waals surface area contributed by atoms with Gasteiger partial charge in [0.15, 0.2) is 0 Å². The van der Waals surface area contributed by atoms with Crippen molar-refractivity contribution in [3.63, 3.8) is 0 Å². The topological polar surface area (TPSA) is 153 Å². The number of hydrogen-bond acceptors (Lipinski definition) is 8. The van der Waals surface area contributed by atoms with Crippen LogP contribution >= 0.6 is 11.3 Å². The van der Waals surface area contributed by atoms with Crippen LogP contribution in [0.1, 0.15) is 29.9 Å². The normalized spacial score (nSPS) is 14.9. The van der Waals surface area contributed by atoms with E-state index < -0.39 is 5.91 Å². The van der Waals surface area contributed by atoms with E-state index in [1.54, 1.807) is 42.3 Å². The Morgan fingerprint density at radius 2 is 1.86 bits per heavy atom. The van der Waals surface area contributed by atoms with Crippen LogP contribution in [0.5, 0.6) is 0 Å². The third kappa shape index (κ3) is 5.37. The minimum absolute atomic E-state index is 0.0144. The first-order valence-corrected chi connectivity index (χ1v) is 12.5. The average Bonchev–Trinajstić information content (AvgIpc) is 3.50. The third-order valence-electron chi connectivity index (χ3n) is 5.97. The molecular formula is C24H27N9O3S. The molecule has 0 spiro atoms. The van der Waals surface area contributed by atoms with Gasteiger partial charge in [-0.1, -0.05) is 13.8 Å². The molecule has 0 unspecified atom stereocenters. The maximum atomic E-state index is 13.2. The molecule has 4 aromatic heterocycles. The summed E-state index contributed by atoms with van der Waals surface area (Å²) in [6.45, 7) is 8.19. The summed E-state index contributed by atoms with van der Waals surface area (Å²) in [4.78, 5) is 44.6. The van der Waals surface area contributed by atoms with Gasteiger partial charge >= 0.3 is 0 Å². The number of amides is 3. The van der Waals surface area contributed by atoms with Crippen LogP contribution in [0, 0.1) is 12.3 Å². The molecule has 5 heterocycles. The summed E-state index contributed by atoms with van der Waals surface area (Å²) in [5, 5.41) is 14.2. The summed E-state index contributed by atoms with van der Waals surface area (Å²) in [6, 6.07) is 1.70. The van der Waals surface area contributed by atoms with Gasteiger partial charge in [-0.25, -0.2) is 4.52 Å². The predicted molar refractivity (Wildman–Crippen MR) is 139 cm³/mol. The van der Waals surface area contributed by atoms with E-state index in [0.717, 1.165) is 23.5 Å². The molecule has 37 heavy (non-hydrogen) atoms. The van der Waals surface area contributed by atoms with Crippen molar-refractivity contribution in [1.82, 2.24) is 29.3 Å². The lowest BCUT2D eigenvalue weighted by atomic mass is 9.84. The van der Waals surface area contributed by atoms with Crippen molar-refractivity contribution in [3.05, 3.63) is 48.3 Å². The third-order valence-corrected chi connectivity index (χ3v) is 7.13. The molecule has 0 aliphatic carbocycles. The van der Waals surface area contributed by atoms with E-state index in [1.807, 2.05) is 0 Å². The zero-order chi connectivity index (χ0) is 26.3. The molecule has 5 rings (SSSR count). The van der Waals surface area contributed by atoms with E-state index in [2.05, 4.69) is 44.6 Å². The molecule has 3 amide bonds. The molecule has 1 aliphatic heterocycles. The second kappa shape index (κ2) is 9.41. The zero-order valence-electron chi connectivity index (χ0n) is 20.7. The number of hydrogen-bond donors (Lipinski definition) is 3. The molecule has 12 nitrogen and oxygen atoms in total. The van der Waals surface area contributed by atoms with Crippen LogP contribution < -0.4 is 16.4 Å². The number of nitrogens with one attached hydrogen (secondary N) is 2. The highest BCUT2D eigenvalue weighted by Crippen LogP contribution is 2.31. The minimum Gasteiger partial charge on any atom is -0.368 e. The lowest BCUT2D eigenvalue weighted by Gasteiger charge is -2.45. The van der Waals surface area contributed by atoms with Crippen molar-refractivity contribution in [2.45, 2.75) is 27.3 Å². The van der Waals surface area contributed by atoms with Crippen LogP contribution in [-0.2, 0) is 16.1 Å². The first-order chi connectivity index (χ1) is 17.6. The Labute approximate surface area is 216 Å². The van der Waals surface area contributed by atoms with Crippen molar-refractivity contribution in [3.8, 4) is 10.4 Å². The number of aryl methyl sites for hydroxylation is 1. The number of nitrogens with two attached hydrogens (primary N) is 1. The quantitative estimate of drug-likeness (QED) is 0.320. The summed E-state index contributed by atoms with van der Waals surface area (Å²) >= 11 is 1.38. The zero-order valence-corrected chi connectivity index (χ0v) is 21.5. The highest BCUT2D eigenvalue weighted by atomic mass is 32.1. The van der Waals surface area contributed by atoms with Gasteiger partial charge in [0, 0.05) is 31.0 Å². The van der Waals surface area contributed by atoms with Gasteiger partial charge in [-0.2, -0.15) is 10.2 Å². The Morgan fingerprint density at radius 3 is 2.59 bits per heavy atom. The van der Waals surface area contributed by atoms with Crippen LogP contribution in [0.4, 0.5) is 11.4 Å². The molecule has 4 aromatic rings. The number of rotatable bonds is 8. The van der Waals surface area contributed by atoms with Crippen LogP contribution in [0.25, 0.3) is 15.3 Å². The lowest BCUT2D eigenvalue weighted by molar-refractivity contribution is -0.120. The molecule has 0 bridgehead atoms. The molecule has 0 aromatic carbocycles. The second-order valence-electron chi connectivity index (χ2n) is 9.96. The first kappa shape index (κ1) is 24.6. The Hall–Kier alpha value is -4.10. The van der Waals surface area contributed by atoms with Crippen molar-refractivity contribution < 1.29 is 14.4 Å². The summed E-state index contributed by atoms with van der Waals surface area (Å²) in [5.41, 5.74) is 8.29. The van der Waals surface area contributed by atoms with Crippen molar-refractivity contribution in [1.29, 1.82) is 0 Å². The van der Waals surface area contributed by atoms with Crippen LogP contribution in [0.15, 0.2) is 37.1 Å². The SMILES string of the molecule is Cc1ncc(NC(=O)CN2CC(C)(C)C2)cc1NC(=O)c1cnn2cc(-c3cnn(CC(N)=O)c3)sc12. The number of nitrogens with zero attached hydrogens (tertiary/aromatic N) is 6. The number of thiazole rings is 1. The van der Waals surface area contributed by atoms with Crippen molar-refractivity contribution in [2.24, 2.45) is 11.1 Å². The summed E-state index contributed by atoms with van der Waals surface area (Å²) < 4.78 is 3.08. The van der Waals surface area contributed by atoms with E-state index in [1.165, 1.54) is 22.2 Å². The molecule has 1 saturated heterocycles. The molecule has 4 N–H and O–H groups in total. The Kier molecular flexibility index (Phi) is 6.25. The van der Waals surface area contributed by atoms with Gasteiger partial charge in [-0.3, -0.25) is 28.9 Å². The number of likely N-dealkylation sites (tertiary alicyclic amines) is 1. The number of primary amides is 1. The Balaban J connectivity index is 1.28. The van der Waals surface area contributed by atoms with E-state index in [4.69, 9.17) is 5.73 Å². The van der Waals surface area contributed by atoms with E-state index in [0.29, 0.717) is 34.0 Å². The summed E-state index contributed by atoms with van der Waals surface area (Å²) in [6.07, 6.45) is 8.22. The average molecular weight is 522 g/mol. The summed E-state index contributed by atoms with van der Waals surface area (Å²) in [7, 11) is 0. The van der Waals surface area contributed by atoms with Crippen molar-refractivity contribution in [2.75, 3.05) is 30.3 Å². The fourth-order valence-corrected chi connectivity index (χ4v) is 5.44. The molecule has 1 aliphatic rings. The Bertz CT molecular complexity index is 1510. The number of pyridine rings is 1. The number of aromatic nitrogens is 5. The van der Waals surface area contributed by atoms with Gasteiger partial charge in [0.1, 0.15) is 11.4 Å². The van der Waals surface area contributed by atoms with Gasteiger partial charge in [0.25, 0.3) is 5.91 Å². The fourth-order valence-electron chi connectivity index (χ4n) is 4.41. The monoisotopic (exact) mass is 521 g/mol. The van der Waals surface area contributed by atoms with Crippen molar-refractivity contribution >= 4 is 45.3 Å². The van der Waals surface area contributed by atoms with E-state index >= 15 is 0 Å². The van der Waals surface area contributed by atoms with Crippen LogP contribution in [0.3, 0.4) is 0 Å². The number of carbonyl (C=O) groups excluding carboxylic acids is 3. The maximum absolute atomic E-state index is 13.2. The predicted octanol–water partition coefficient (Wildman–Crippen LogP) is 1.98. The minimum atomic E-state index is -0.483. The van der Waals surface area contributed by atoms with Gasteiger partial charge in [-0.05, 0) is 18.4 Å². The molecular weight excluding hydrogens is 494 g/mol. The maximum Gasteiger partial charge on any atom is 0.260 e. The molecule has 192 valence electrons. The highest BCUT2D eigenvalue weighted by Gasteiger charge is 2.34. The molecule has 0 saturated carbocycles. The number of carbonyl (C=O) groups is 3. The largest absolute Gasteiger partial charge is 0.368 e. The number of anilines is 2. The molecule has 0 atom stereocenters.